The Morgan fingerprint density at radius 2 is 1.65 bits per heavy atom. The second-order valence-electron chi connectivity index (χ2n) is 7.27. The summed E-state index contributed by atoms with van der Waals surface area (Å²) >= 11 is 0. The summed E-state index contributed by atoms with van der Waals surface area (Å²) in [6.07, 6.45) is 10.4. The van der Waals surface area contributed by atoms with Crippen molar-refractivity contribution in [3.63, 3.8) is 0 Å². The van der Waals surface area contributed by atoms with E-state index in [0.717, 1.165) is 0 Å². The topological polar surface area (TPSA) is 26.3 Å². The Bertz CT molecular complexity index is 423. The van der Waals surface area contributed by atoms with E-state index >= 15 is 0 Å². The summed E-state index contributed by atoms with van der Waals surface area (Å²) in [6, 6.07) is 0. The minimum atomic E-state index is -0.245. The SMILES string of the molecule is CC(=O)OC1(C2CCCC2)C(C(C)C)=C1C1CCCC1. The highest BCUT2D eigenvalue weighted by atomic mass is 16.6. The van der Waals surface area contributed by atoms with Gasteiger partial charge in [-0.25, -0.2) is 0 Å². The normalized spacial score (nSPS) is 31.4. The smallest absolute Gasteiger partial charge is 0.303 e. The van der Waals surface area contributed by atoms with Crippen LogP contribution in [0.25, 0.3) is 0 Å². The molecular formula is C18H28O2. The Labute approximate surface area is 123 Å². The standard InChI is InChI=1S/C18H28O2/c1-12(2)16-17(14-8-4-5-9-14)18(16,20-13(3)19)15-10-6-7-11-15/h12,14-15H,4-11H2,1-3H3. The lowest BCUT2D eigenvalue weighted by atomic mass is 9.86. The van der Waals surface area contributed by atoms with Crippen LogP contribution in [0.1, 0.15) is 72.1 Å². The van der Waals surface area contributed by atoms with Crippen molar-refractivity contribution < 1.29 is 9.53 Å². The molecule has 1 unspecified atom stereocenters. The van der Waals surface area contributed by atoms with Gasteiger partial charge in [0.15, 0.2) is 5.60 Å². The molecule has 2 fully saturated rings. The van der Waals surface area contributed by atoms with Crippen molar-refractivity contribution in [2.45, 2.75) is 77.7 Å². The van der Waals surface area contributed by atoms with E-state index in [1.165, 1.54) is 56.9 Å². The molecule has 0 radical (unpaired) electrons. The predicted molar refractivity (Wildman–Crippen MR) is 80.3 cm³/mol. The second kappa shape index (κ2) is 5.20. The maximum Gasteiger partial charge on any atom is 0.303 e. The van der Waals surface area contributed by atoms with Gasteiger partial charge in [0.25, 0.3) is 0 Å². The summed E-state index contributed by atoms with van der Waals surface area (Å²) in [5.41, 5.74) is 2.80. The summed E-state index contributed by atoms with van der Waals surface area (Å²) in [7, 11) is 0. The van der Waals surface area contributed by atoms with E-state index in [2.05, 4.69) is 13.8 Å². The van der Waals surface area contributed by atoms with Crippen LogP contribution in [-0.2, 0) is 9.53 Å². The van der Waals surface area contributed by atoms with Gasteiger partial charge in [-0.15, -0.1) is 0 Å². The molecule has 0 aromatic heterocycles. The summed E-state index contributed by atoms with van der Waals surface area (Å²) in [5.74, 6) is 1.69. The molecule has 1 atom stereocenters. The van der Waals surface area contributed by atoms with Gasteiger partial charge < -0.3 is 4.74 Å². The van der Waals surface area contributed by atoms with Gasteiger partial charge in [-0.3, -0.25) is 4.79 Å². The van der Waals surface area contributed by atoms with Crippen LogP contribution in [0, 0.1) is 17.8 Å². The quantitative estimate of drug-likeness (QED) is 0.552. The molecule has 0 aliphatic heterocycles. The Morgan fingerprint density at radius 3 is 2.15 bits per heavy atom. The van der Waals surface area contributed by atoms with E-state index in [4.69, 9.17) is 4.74 Å². The fraction of sp³-hybridized carbons (Fsp3) is 0.833. The second-order valence-corrected chi connectivity index (χ2v) is 7.27. The maximum absolute atomic E-state index is 11.7. The number of esters is 1. The van der Waals surface area contributed by atoms with Crippen molar-refractivity contribution in [1.29, 1.82) is 0 Å². The lowest BCUT2D eigenvalue weighted by Crippen LogP contribution is -2.34. The van der Waals surface area contributed by atoms with Crippen LogP contribution in [0.5, 0.6) is 0 Å². The van der Waals surface area contributed by atoms with E-state index in [-0.39, 0.29) is 11.6 Å². The van der Waals surface area contributed by atoms with Crippen molar-refractivity contribution in [3.05, 3.63) is 11.1 Å². The number of carbonyl (C=O) groups excluding carboxylic acids is 1. The van der Waals surface area contributed by atoms with Gasteiger partial charge in [0.1, 0.15) is 0 Å². The zero-order valence-electron chi connectivity index (χ0n) is 13.2. The van der Waals surface area contributed by atoms with Crippen molar-refractivity contribution in [2.75, 3.05) is 0 Å². The Balaban J connectivity index is 1.91. The largest absolute Gasteiger partial charge is 0.450 e. The molecule has 112 valence electrons. The molecular weight excluding hydrogens is 248 g/mol. The van der Waals surface area contributed by atoms with Crippen LogP contribution in [0.3, 0.4) is 0 Å². The fourth-order valence-electron chi connectivity index (χ4n) is 4.99. The molecule has 0 N–H and O–H groups in total. The molecule has 3 aliphatic carbocycles. The first-order valence-corrected chi connectivity index (χ1v) is 8.52. The predicted octanol–water partition coefficient (Wildman–Crippen LogP) is 4.63. The highest BCUT2D eigenvalue weighted by molar-refractivity contribution is 5.71. The summed E-state index contributed by atoms with van der Waals surface area (Å²) in [5, 5.41) is 0. The van der Waals surface area contributed by atoms with Crippen LogP contribution in [-0.4, -0.2) is 11.6 Å². The number of ether oxygens (including phenoxy) is 1. The molecule has 0 aromatic rings. The Kier molecular flexibility index (Phi) is 3.68. The van der Waals surface area contributed by atoms with E-state index in [1.54, 1.807) is 12.5 Å². The third kappa shape index (κ3) is 2.12. The molecule has 0 saturated heterocycles. The minimum absolute atomic E-state index is 0.0944. The van der Waals surface area contributed by atoms with Gasteiger partial charge in [0.05, 0.1) is 0 Å². The van der Waals surface area contributed by atoms with Crippen LogP contribution in [0.4, 0.5) is 0 Å². The van der Waals surface area contributed by atoms with Gasteiger partial charge in [-0.05, 0) is 48.7 Å². The number of hydrogen-bond donors (Lipinski definition) is 0. The highest BCUT2D eigenvalue weighted by Gasteiger charge is 2.63. The van der Waals surface area contributed by atoms with Crippen LogP contribution < -0.4 is 0 Å². The van der Waals surface area contributed by atoms with Crippen molar-refractivity contribution in [2.24, 2.45) is 17.8 Å². The van der Waals surface area contributed by atoms with Gasteiger partial charge in [-0.2, -0.15) is 0 Å². The molecule has 0 amide bonds. The minimum Gasteiger partial charge on any atom is -0.450 e. The third-order valence-electron chi connectivity index (χ3n) is 5.60. The molecule has 3 rings (SSSR count). The Hall–Kier alpha value is -0.790. The van der Waals surface area contributed by atoms with Crippen LogP contribution >= 0.6 is 0 Å². The Morgan fingerprint density at radius 1 is 1.10 bits per heavy atom. The van der Waals surface area contributed by atoms with Gasteiger partial charge in [0.2, 0.25) is 0 Å². The first-order valence-electron chi connectivity index (χ1n) is 8.52. The van der Waals surface area contributed by atoms with E-state index < -0.39 is 0 Å². The van der Waals surface area contributed by atoms with Crippen molar-refractivity contribution >= 4 is 5.97 Å². The summed E-state index contributed by atoms with van der Waals surface area (Å²) in [6.45, 7) is 6.12. The van der Waals surface area contributed by atoms with Gasteiger partial charge in [-0.1, -0.05) is 39.5 Å². The first-order chi connectivity index (χ1) is 9.57. The average molecular weight is 276 g/mol. The molecule has 3 aliphatic rings. The number of hydrogen-bond acceptors (Lipinski definition) is 2. The van der Waals surface area contributed by atoms with Crippen LogP contribution in [0.2, 0.25) is 0 Å². The highest BCUT2D eigenvalue weighted by Crippen LogP contribution is 2.64. The molecule has 2 saturated carbocycles. The van der Waals surface area contributed by atoms with Crippen molar-refractivity contribution in [1.82, 2.24) is 0 Å². The lowest BCUT2D eigenvalue weighted by molar-refractivity contribution is -0.151. The van der Waals surface area contributed by atoms with Gasteiger partial charge in [0, 0.05) is 12.8 Å². The molecule has 0 heterocycles. The molecule has 2 nitrogen and oxygen atoms in total. The molecule has 0 aromatic carbocycles. The van der Waals surface area contributed by atoms with E-state index in [0.29, 0.717) is 17.8 Å². The monoisotopic (exact) mass is 276 g/mol. The molecule has 0 spiro atoms. The first kappa shape index (κ1) is 14.2. The van der Waals surface area contributed by atoms with Crippen molar-refractivity contribution in [3.8, 4) is 0 Å². The zero-order valence-corrected chi connectivity index (χ0v) is 13.2. The average Bonchev–Trinajstić information content (AvgIpc) is 2.88. The van der Waals surface area contributed by atoms with Gasteiger partial charge >= 0.3 is 5.97 Å². The number of rotatable bonds is 4. The zero-order chi connectivity index (χ0) is 14.3. The fourth-order valence-corrected chi connectivity index (χ4v) is 4.99. The van der Waals surface area contributed by atoms with E-state index in [1.807, 2.05) is 0 Å². The number of carbonyl (C=O) groups is 1. The molecule has 2 heteroatoms. The molecule has 20 heavy (non-hydrogen) atoms. The maximum atomic E-state index is 11.7. The third-order valence-corrected chi connectivity index (χ3v) is 5.60. The summed E-state index contributed by atoms with van der Waals surface area (Å²) in [4.78, 5) is 11.7. The lowest BCUT2D eigenvalue weighted by Gasteiger charge is -2.29. The van der Waals surface area contributed by atoms with E-state index in [9.17, 15) is 4.79 Å². The molecule has 0 bridgehead atoms. The van der Waals surface area contributed by atoms with Crippen LogP contribution in [0.15, 0.2) is 11.1 Å². The summed E-state index contributed by atoms with van der Waals surface area (Å²) < 4.78 is 6.02.